The van der Waals surface area contributed by atoms with Crippen LogP contribution in [0.1, 0.15) is 11.1 Å². The lowest BCUT2D eigenvalue weighted by molar-refractivity contribution is 0.280. The van der Waals surface area contributed by atoms with E-state index < -0.39 is 5.82 Å². The van der Waals surface area contributed by atoms with E-state index >= 15 is 0 Å². The highest BCUT2D eigenvalue weighted by atomic mass is 79.9. The summed E-state index contributed by atoms with van der Waals surface area (Å²) >= 11 is 3.36. The molecule has 0 amide bonds. The summed E-state index contributed by atoms with van der Waals surface area (Å²) in [5, 5.41) is 0. The fourth-order valence-corrected chi connectivity index (χ4v) is 2.27. The van der Waals surface area contributed by atoms with E-state index in [1.54, 1.807) is 0 Å². The normalized spacial score (nSPS) is 10.4. The van der Waals surface area contributed by atoms with Crippen molar-refractivity contribution in [2.75, 3.05) is 10.9 Å². The largest absolute Gasteiger partial charge is 0.459 e. The van der Waals surface area contributed by atoms with Crippen LogP contribution < -0.4 is 15.6 Å². The van der Waals surface area contributed by atoms with Gasteiger partial charge in [0.25, 0.3) is 0 Å². The van der Waals surface area contributed by atoms with Gasteiger partial charge in [0.05, 0.1) is 11.9 Å². The van der Waals surface area contributed by atoms with E-state index in [2.05, 4.69) is 36.7 Å². The molecule has 0 aliphatic carbocycles. The highest BCUT2D eigenvalue weighted by molar-refractivity contribution is 9.10. The second-order valence-electron chi connectivity index (χ2n) is 5.38. The van der Waals surface area contributed by atoms with Gasteiger partial charge in [-0.2, -0.15) is 4.98 Å². The van der Waals surface area contributed by atoms with Gasteiger partial charge in [0.15, 0.2) is 11.6 Å². The van der Waals surface area contributed by atoms with Crippen molar-refractivity contribution in [2.45, 2.75) is 13.5 Å². The Bertz CT molecular complexity index is 841. The first-order valence-electron chi connectivity index (χ1n) is 7.58. The van der Waals surface area contributed by atoms with Gasteiger partial charge >= 0.3 is 6.01 Å². The highest BCUT2D eigenvalue weighted by Gasteiger charge is 2.08. The average molecular weight is 403 g/mol. The fourth-order valence-electron chi connectivity index (χ4n) is 2.00. The lowest BCUT2D eigenvalue weighted by Gasteiger charge is -2.11. The molecule has 0 bridgehead atoms. The summed E-state index contributed by atoms with van der Waals surface area (Å²) < 4.78 is 20.3. The Hall–Kier alpha value is -2.67. The van der Waals surface area contributed by atoms with E-state index in [4.69, 9.17) is 4.74 Å². The van der Waals surface area contributed by atoms with Crippen LogP contribution in [0.5, 0.6) is 6.01 Å². The molecule has 0 unspecified atom stereocenters. The molecular weight excluding hydrogens is 387 g/mol. The summed E-state index contributed by atoms with van der Waals surface area (Å²) in [6, 6.07) is 15.4. The number of anilines is 2. The number of nitrogens with zero attached hydrogens (tertiary/aromatic N) is 2. The van der Waals surface area contributed by atoms with E-state index in [0.29, 0.717) is 6.61 Å². The Labute approximate surface area is 153 Å². The minimum atomic E-state index is -0.577. The smallest absolute Gasteiger partial charge is 0.318 e. The minimum Gasteiger partial charge on any atom is -0.459 e. The van der Waals surface area contributed by atoms with Crippen LogP contribution in [0.3, 0.4) is 0 Å². The molecule has 0 saturated carbocycles. The third-order valence-electron chi connectivity index (χ3n) is 3.38. The molecule has 25 heavy (non-hydrogen) atoms. The average Bonchev–Trinajstić information content (AvgIpc) is 2.62. The second-order valence-corrected chi connectivity index (χ2v) is 6.30. The van der Waals surface area contributed by atoms with Gasteiger partial charge in [-0.05, 0) is 36.8 Å². The van der Waals surface area contributed by atoms with Gasteiger partial charge in [-0.1, -0.05) is 45.8 Å². The maximum Gasteiger partial charge on any atom is 0.318 e. The molecule has 3 rings (SSSR count). The Morgan fingerprint density at radius 1 is 1.04 bits per heavy atom. The topological polar surface area (TPSA) is 59.1 Å². The van der Waals surface area contributed by atoms with E-state index in [0.717, 1.165) is 21.9 Å². The van der Waals surface area contributed by atoms with Crippen LogP contribution in [0.4, 0.5) is 15.9 Å². The molecule has 0 atom stereocenters. The van der Waals surface area contributed by atoms with Crippen molar-refractivity contribution in [3.05, 3.63) is 76.1 Å². The Morgan fingerprint density at radius 2 is 1.76 bits per heavy atom. The zero-order valence-electron chi connectivity index (χ0n) is 13.5. The van der Waals surface area contributed by atoms with Crippen molar-refractivity contribution in [3.8, 4) is 6.01 Å². The van der Waals surface area contributed by atoms with Crippen LogP contribution in [0, 0.1) is 12.7 Å². The number of hydrogen-bond acceptors (Lipinski definition) is 5. The molecule has 3 aromatic rings. The Balaban J connectivity index is 1.63. The molecule has 0 radical (unpaired) electrons. The van der Waals surface area contributed by atoms with Crippen LogP contribution in [-0.4, -0.2) is 9.97 Å². The molecule has 7 heteroatoms. The van der Waals surface area contributed by atoms with Crippen LogP contribution in [0.2, 0.25) is 0 Å². The monoisotopic (exact) mass is 402 g/mol. The molecule has 2 N–H and O–H groups in total. The Morgan fingerprint density at radius 3 is 2.48 bits per heavy atom. The summed E-state index contributed by atoms with van der Waals surface area (Å²) in [6.45, 7) is 2.33. The zero-order valence-corrected chi connectivity index (χ0v) is 15.0. The van der Waals surface area contributed by atoms with Crippen molar-refractivity contribution in [3.63, 3.8) is 0 Å². The minimum absolute atomic E-state index is 0.0109. The standard InChI is InChI=1S/C18H16BrFN4O/c1-12-2-4-13(5-3-12)11-25-18-21-10-16(20)17(22-18)24-23-15-8-6-14(19)7-9-15/h2-10,23H,11H2,1H3,(H,21,22,24). The first kappa shape index (κ1) is 17.2. The van der Waals surface area contributed by atoms with Gasteiger partial charge in [0.2, 0.25) is 0 Å². The zero-order chi connectivity index (χ0) is 17.6. The molecule has 0 aliphatic rings. The number of ether oxygens (including phenoxy) is 1. The van der Waals surface area contributed by atoms with E-state index in [9.17, 15) is 4.39 Å². The van der Waals surface area contributed by atoms with Crippen molar-refractivity contribution >= 4 is 27.4 Å². The first-order valence-corrected chi connectivity index (χ1v) is 8.38. The van der Waals surface area contributed by atoms with Gasteiger partial charge in [-0.25, -0.2) is 9.37 Å². The van der Waals surface area contributed by atoms with E-state index in [1.165, 1.54) is 5.56 Å². The number of benzene rings is 2. The summed E-state index contributed by atoms with van der Waals surface area (Å²) in [7, 11) is 0. The maximum absolute atomic E-state index is 13.9. The third kappa shape index (κ3) is 4.90. The highest BCUT2D eigenvalue weighted by Crippen LogP contribution is 2.17. The molecule has 0 saturated heterocycles. The third-order valence-corrected chi connectivity index (χ3v) is 3.91. The molecule has 0 aliphatic heterocycles. The number of halogens is 2. The number of aromatic nitrogens is 2. The second kappa shape index (κ2) is 7.94. The van der Waals surface area contributed by atoms with Gasteiger partial charge in [0.1, 0.15) is 6.61 Å². The molecule has 1 aromatic heterocycles. The molecule has 1 heterocycles. The lowest BCUT2D eigenvalue weighted by atomic mass is 10.2. The van der Waals surface area contributed by atoms with E-state index in [1.807, 2.05) is 55.5 Å². The number of rotatable bonds is 6. The van der Waals surface area contributed by atoms with Crippen molar-refractivity contribution in [1.29, 1.82) is 0 Å². The maximum atomic E-state index is 13.9. The molecule has 2 aromatic carbocycles. The molecule has 0 fully saturated rings. The number of hydrazine groups is 1. The summed E-state index contributed by atoms with van der Waals surface area (Å²) in [5.74, 6) is -0.566. The predicted molar refractivity (Wildman–Crippen MR) is 98.9 cm³/mol. The quantitative estimate of drug-likeness (QED) is 0.584. The van der Waals surface area contributed by atoms with Crippen LogP contribution >= 0.6 is 15.9 Å². The van der Waals surface area contributed by atoms with E-state index in [-0.39, 0.29) is 11.8 Å². The van der Waals surface area contributed by atoms with Gasteiger partial charge < -0.3 is 4.74 Å². The molecule has 128 valence electrons. The number of nitrogens with one attached hydrogen (secondary N) is 2. The van der Waals surface area contributed by atoms with Gasteiger partial charge in [0, 0.05) is 4.47 Å². The summed E-state index contributed by atoms with van der Waals surface area (Å²) in [5.41, 5.74) is 8.53. The van der Waals surface area contributed by atoms with Crippen LogP contribution in [0.25, 0.3) is 0 Å². The lowest BCUT2D eigenvalue weighted by Crippen LogP contribution is -2.12. The molecular formula is C18H16BrFN4O. The molecule has 0 spiro atoms. The number of hydrogen-bond donors (Lipinski definition) is 2. The van der Waals surface area contributed by atoms with Crippen molar-refractivity contribution in [2.24, 2.45) is 0 Å². The van der Waals surface area contributed by atoms with Crippen LogP contribution in [-0.2, 0) is 6.61 Å². The van der Waals surface area contributed by atoms with Crippen molar-refractivity contribution < 1.29 is 9.13 Å². The SMILES string of the molecule is Cc1ccc(COc2ncc(F)c(NNc3ccc(Br)cc3)n2)cc1. The summed E-state index contributed by atoms with van der Waals surface area (Å²) in [4.78, 5) is 7.90. The van der Waals surface area contributed by atoms with Crippen molar-refractivity contribution in [1.82, 2.24) is 9.97 Å². The molecule has 5 nitrogen and oxygen atoms in total. The Kier molecular flexibility index (Phi) is 5.45. The van der Waals surface area contributed by atoms with Gasteiger partial charge in [-0.3, -0.25) is 10.9 Å². The van der Waals surface area contributed by atoms with Gasteiger partial charge in [-0.15, -0.1) is 0 Å². The van der Waals surface area contributed by atoms with Crippen LogP contribution in [0.15, 0.2) is 59.2 Å². The summed E-state index contributed by atoms with van der Waals surface area (Å²) in [6.07, 6.45) is 1.07. The fraction of sp³-hybridized carbons (Fsp3) is 0.111. The first-order chi connectivity index (χ1) is 12.1. The predicted octanol–water partition coefficient (Wildman–Crippen LogP) is 4.70. The number of aryl methyl sites for hydroxylation is 1.